The molecule has 0 aromatic heterocycles. The normalized spacial score (nSPS) is 19.3. The average Bonchev–Trinajstić information content (AvgIpc) is 2.90. The van der Waals surface area contributed by atoms with E-state index >= 15 is 0 Å². The van der Waals surface area contributed by atoms with Crippen LogP contribution < -0.4 is 0 Å². The molecule has 1 aromatic rings. The number of rotatable bonds is 8. The molecule has 110 valence electrons. The number of benzene rings is 1. The van der Waals surface area contributed by atoms with Gasteiger partial charge in [-0.3, -0.25) is 4.79 Å². The summed E-state index contributed by atoms with van der Waals surface area (Å²) in [6.45, 7) is 3.25. The molecule has 0 spiro atoms. The van der Waals surface area contributed by atoms with Crippen LogP contribution in [0.5, 0.6) is 0 Å². The highest BCUT2D eigenvalue weighted by atomic mass is 16.5. The van der Waals surface area contributed by atoms with Crippen molar-refractivity contribution in [1.29, 1.82) is 0 Å². The van der Waals surface area contributed by atoms with Crippen LogP contribution in [0.3, 0.4) is 0 Å². The largest absolute Gasteiger partial charge is 0.481 e. The highest BCUT2D eigenvalue weighted by Crippen LogP contribution is 2.13. The first-order chi connectivity index (χ1) is 9.74. The molecule has 20 heavy (non-hydrogen) atoms. The Kier molecular flexibility index (Phi) is 6.02. The second kappa shape index (κ2) is 8.02. The van der Waals surface area contributed by atoms with Crippen molar-refractivity contribution in [1.82, 2.24) is 4.90 Å². The van der Waals surface area contributed by atoms with E-state index in [1.165, 1.54) is 5.56 Å². The lowest BCUT2D eigenvalue weighted by molar-refractivity contribution is -0.137. The molecule has 1 aliphatic rings. The van der Waals surface area contributed by atoms with Gasteiger partial charge in [0.1, 0.15) is 0 Å². The van der Waals surface area contributed by atoms with Crippen LogP contribution in [-0.4, -0.2) is 48.3 Å². The Hall–Kier alpha value is -1.39. The zero-order chi connectivity index (χ0) is 14.2. The summed E-state index contributed by atoms with van der Waals surface area (Å²) in [5, 5.41) is 8.66. The Morgan fingerprint density at radius 3 is 2.90 bits per heavy atom. The fourth-order valence-corrected chi connectivity index (χ4v) is 2.56. The van der Waals surface area contributed by atoms with Crippen LogP contribution >= 0.6 is 0 Å². The summed E-state index contributed by atoms with van der Waals surface area (Å²) >= 11 is 0. The molecule has 1 aliphatic heterocycles. The van der Waals surface area contributed by atoms with Crippen LogP contribution in [0.15, 0.2) is 30.3 Å². The summed E-state index contributed by atoms with van der Waals surface area (Å²) in [6, 6.07) is 10.4. The number of hydrogen-bond donors (Lipinski definition) is 1. The Labute approximate surface area is 120 Å². The molecule has 1 fully saturated rings. The van der Waals surface area contributed by atoms with Gasteiger partial charge in [0, 0.05) is 26.2 Å². The van der Waals surface area contributed by atoms with Gasteiger partial charge in [-0.05, 0) is 24.8 Å². The maximum absolute atomic E-state index is 10.5. The van der Waals surface area contributed by atoms with E-state index in [1.807, 2.05) is 6.07 Å². The first kappa shape index (κ1) is 15.0. The Bertz CT molecular complexity index is 407. The number of nitrogens with zero attached hydrogens (tertiary/aromatic N) is 1. The van der Waals surface area contributed by atoms with Crippen LogP contribution in [0, 0.1) is 0 Å². The van der Waals surface area contributed by atoms with E-state index in [9.17, 15) is 4.79 Å². The molecule has 1 unspecified atom stereocenters. The predicted octanol–water partition coefficient (Wildman–Crippen LogP) is 2.18. The van der Waals surface area contributed by atoms with Gasteiger partial charge in [-0.15, -0.1) is 0 Å². The Morgan fingerprint density at radius 1 is 1.35 bits per heavy atom. The minimum Gasteiger partial charge on any atom is -0.481 e. The number of ether oxygens (including phenoxy) is 1. The fourth-order valence-electron chi connectivity index (χ4n) is 2.56. The van der Waals surface area contributed by atoms with Gasteiger partial charge in [0.25, 0.3) is 0 Å². The first-order valence-electron chi connectivity index (χ1n) is 7.34. The highest BCUT2D eigenvalue weighted by molar-refractivity contribution is 5.66. The minimum atomic E-state index is -0.725. The van der Waals surface area contributed by atoms with Crippen molar-refractivity contribution in [2.75, 3.05) is 26.2 Å². The zero-order valence-electron chi connectivity index (χ0n) is 11.8. The van der Waals surface area contributed by atoms with Crippen LogP contribution in [-0.2, 0) is 16.0 Å². The van der Waals surface area contributed by atoms with Crippen molar-refractivity contribution in [3.63, 3.8) is 0 Å². The van der Waals surface area contributed by atoms with Gasteiger partial charge in [-0.1, -0.05) is 30.3 Å². The van der Waals surface area contributed by atoms with E-state index in [2.05, 4.69) is 29.2 Å². The smallest absolute Gasteiger partial charge is 0.304 e. The van der Waals surface area contributed by atoms with Gasteiger partial charge >= 0.3 is 5.97 Å². The highest BCUT2D eigenvalue weighted by Gasteiger charge is 2.22. The van der Waals surface area contributed by atoms with Crippen molar-refractivity contribution < 1.29 is 14.6 Å². The monoisotopic (exact) mass is 277 g/mol. The number of hydrogen-bond acceptors (Lipinski definition) is 3. The minimum absolute atomic E-state index is 0.223. The lowest BCUT2D eigenvalue weighted by atomic mass is 10.1. The van der Waals surface area contributed by atoms with Crippen molar-refractivity contribution >= 4 is 5.97 Å². The second-order valence-electron chi connectivity index (χ2n) is 5.31. The summed E-state index contributed by atoms with van der Waals surface area (Å²) in [5.74, 6) is -0.725. The van der Waals surface area contributed by atoms with Crippen LogP contribution in [0.1, 0.15) is 24.8 Å². The number of carboxylic acid groups (broad SMARTS) is 1. The van der Waals surface area contributed by atoms with Gasteiger partial charge in [-0.2, -0.15) is 0 Å². The maximum Gasteiger partial charge on any atom is 0.304 e. The number of carboxylic acids is 1. The van der Waals surface area contributed by atoms with E-state index in [1.54, 1.807) is 0 Å². The summed E-state index contributed by atoms with van der Waals surface area (Å²) in [6.07, 6.45) is 3.61. The predicted molar refractivity (Wildman–Crippen MR) is 77.8 cm³/mol. The lowest BCUT2D eigenvalue weighted by Crippen LogP contribution is -2.26. The second-order valence-corrected chi connectivity index (χ2v) is 5.31. The van der Waals surface area contributed by atoms with Crippen molar-refractivity contribution in [2.45, 2.75) is 31.8 Å². The van der Waals surface area contributed by atoms with E-state index in [-0.39, 0.29) is 12.5 Å². The third-order valence-electron chi connectivity index (χ3n) is 3.68. The van der Waals surface area contributed by atoms with E-state index in [0.717, 1.165) is 39.0 Å². The third kappa shape index (κ3) is 5.31. The number of aliphatic carboxylic acids is 1. The molecule has 1 heterocycles. The summed E-state index contributed by atoms with van der Waals surface area (Å²) < 4.78 is 5.87. The van der Waals surface area contributed by atoms with Gasteiger partial charge in [0.15, 0.2) is 0 Å². The molecule has 1 atom stereocenters. The van der Waals surface area contributed by atoms with Crippen molar-refractivity contribution in [2.24, 2.45) is 0 Å². The van der Waals surface area contributed by atoms with Gasteiger partial charge in [0.2, 0.25) is 0 Å². The number of aryl methyl sites for hydroxylation is 1. The Balaban J connectivity index is 1.56. The molecule has 0 aliphatic carbocycles. The van der Waals surface area contributed by atoms with Crippen molar-refractivity contribution in [3.8, 4) is 0 Å². The topological polar surface area (TPSA) is 49.8 Å². The van der Waals surface area contributed by atoms with E-state index in [4.69, 9.17) is 9.84 Å². The summed E-state index contributed by atoms with van der Waals surface area (Å²) in [5.41, 5.74) is 1.35. The average molecular weight is 277 g/mol. The molecule has 0 bridgehead atoms. The standard InChI is InChI=1S/C16H23NO3/c18-16(19)9-11-17-10-8-15(13-17)20-12-4-7-14-5-2-1-3-6-14/h1-3,5-6,15H,4,7-13H2,(H,18,19). The molecule has 1 N–H and O–H groups in total. The molecule has 4 nitrogen and oxygen atoms in total. The number of carbonyl (C=O) groups is 1. The molecule has 1 saturated heterocycles. The fraction of sp³-hybridized carbons (Fsp3) is 0.562. The quantitative estimate of drug-likeness (QED) is 0.740. The lowest BCUT2D eigenvalue weighted by Gasteiger charge is -2.15. The van der Waals surface area contributed by atoms with Gasteiger partial charge in [-0.25, -0.2) is 0 Å². The molecule has 0 amide bonds. The van der Waals surface area contributed by atoms with Gasteiger partial charge < -0.3 is 14.7 Å². The van der Waals surface area contributed by atoms with Gasteiger partial charge in [0.05, 0.1) is 12.5 Å². The first-order valence-corrected chi connectivity index (χ1v) is 7.34. The maximum atomic E-state index is 10.5. The molecule has 4 heteroatoms. The molecule has 1 aromatic carbocycles. The Morgan fingerprint density at radius 2 is 2.15 bits per heavy atom. The molecule has 0 saturated carbocycles. The molecular weight excluding hydrogens is 254 g/mol. The molecule has 2 rings (SSSR count). The SMILES string of the molecule is O=C(O)CCN1CCC(OCCCc2ccccc2)C1. The molecular formula is C16H23NO3. The summed E-state index contributed by atoms with van der Waals surface area (Å²) in [4.78, 5) is 12.7. The number of likely N-dealkylation sites (tertiary alicyclic amines) is 1. The molecule has 0 radical (unpaired) electrons. The van der Waals surface area contributed by atoms with Crippen molar-refractivity contribution in [3.05, 3.63) is 35.9 Å². The van der Waals surface area contributed by atoms with Crippen LogP contribution in [0.25, 0.3) is 0 Å². The van der Waals surface area contributed by atoms with E-state index < -0.39 is 5.97 Å². The van der Waals surface area contributed by atoms with E-state index in [0.29, 0.717) is 6.54 Å². The zero-order valence-corrected chi connectivity index (χ0v) is 11.8. The van der Waals surface area contributed by atoms with Crippen LogP contribution in [0.2, 0.25) is 0 Å². The summed E-state index contributed by atoms with van der Waals surface area (Å²) in [7, 11) is 0. The third-order valence-corrected chi connectivity index (χ3v) is 3.68. The van der Waals surface area contributed by atoms with Crippen LogP contribution in [0.4, 0.5) is 0 Å².